The maximum Gasteiger partial charge on any atom is 0.300 e. The minimum Gasteiger partial charge on any atom is -0.322 e. The van der Waals surface area contributed by atoms with E-state index in [1.807, 2.05) is 0 Å². The molecule has 1 aromatic carbocycles. The average molecular weight is 347 g/mol. The number of carbonyl (C=O) groups excluding carboxylic acids is 1. The number of nitrogens with one attached hydrogen (secondary N) is 1. The lowest BCUT2D eigenvalue weighted by molar-refractivity contribution is -0.385. The van der Waals surface area contributed by atoms with Gasteiger partial charge < -0.3 is 5.32 Å². The second-order valence-electron chi connectivity index (χ2n) is 3.89. The minimum absolute atomic E-state index is 0.0325. The van der Waals surface area contributed by atoms with Gasteiger partial charge in [0, 0.05) is 15.7 Å². The molecule has 21 heavy (non-hydrogen) atoms. The first-order valence-corrected chi connectivity index (χ1v) is 6.57. The zero-order valence-corrected chi connectivity index (χ0v) is 12.4. The first-order valence-electron chi connectivity index (χ1n) is 5.44. The fraction of sp³-hybridized carbons (Fsp3) is 0. The Morgan fingerprint density at radius 3 is 2.33 bits per heavy atom. The van der Waals surface area contributed by atoms with Gasteiger partial charge in [-0.25, -0.2) is 4.98 Å². The molecular formula is C12H6Cl3N3O3. The van der Waals surface area contributed by atoms with Gasteiger partial charge in [0.1, 0.15) is 16.9 Å². The highest BCUT2D eigenvalue weighted by Crippen LogP contribution is 2.25. The van der Waals surface area contributed by atoms with Crippen LogP contribution >= 0.6 is 34.8 Å². The van der Waals surface area contributed by atoms with E-state index in [1.54, 1.807) is 0 Å². The third-order valence-corrected chi connectivity index (χ3v) is 3.05. The molecule has 2 aromatic rings. The van der Waals surface area contributed by atoms with Crippen molar-refractivity contribution in [1.29, 1.82) is 0 Å². The molecule has 0 aliphatic carbocycles. The summed E-state index contributed by atoms with van der Waals surface area (Å²) in [4.78, 5) is 25.9. The quantitative estimate of drug-likeness (QED) is 0.512. The Labute approximate surface area is 133 Å². The molecule has 1 amide bonds. The fourth-order valence-corrected chi connectivity index (χ4v) is 2.26. The van der Waals surface area contributed by atoms with Gasteiger partial charge in [0.2, 0.25) is 0 Å². The Kier molecular flexibility index (Phi) is 4.62. The zero-order valence-electron chi connectivity index (χ0n) is 10.1. The van der Waals surface area contributed by atoms with Crippen molar-refractivity contribution in [2.75, 3.05) is 5.32 Å². The first-order chi connectivity index (χ1) is 9.86. The summed E-state index contributed by atoms with van der Waals surface area (Å²) < 4.78 is 0. The van der Waals surface area contributed by atoms with E-state index in [-0.39, 0.29) is 10.7 Å². The summed E-state index contributed by atoms with van der Waals surface area (Å²) in [5, 5.41) is 14.0. The van der Waals surface area contributed by atoms with Crippen molar-refractivity contribution in [3.63, 3.8) is 0 Å². The number of nitro groups is 1. The number of halogens is 3. The number of benzene rings is 1. The molecule has 0 atom stereocenters. The van der Waals surface area contributed by atoms with Crippen LogP contribution in [-0.4, -0.2) is 15.8 Å². The molecule has 1 heterocycles. The molecule has 9 heteroatoms. The predicted molar refractivity (Wildman–Crippen MR) is 80.3 cm³/mol. The summed E-state index contributed by atoms with van der Waals surface area (Å²) >= 11 is 17.3. The molecule has 1 N–H and O–H groups in total. The van der Waals surface area contributed by atoms with E-state index in [9.17, 15) is 14.9 Å². The van der Waals surface area contributed by atoms with E-state index in [2.05, 4.69) is 10.3 Å². The second kappa shape index (κ2) is 6.26. The number of pyridine rings is 1. The molecular weight excluding hydrogens is 341 g/mol. The molecule has 0 saturated carbocycles. The Bertz CT molecular complexity index is 717. The molecule has 0 unspecified atom stereocenters. The molecule has 0 aliphatic heterocycles. The second-order valence-corrected chi connectivity index (χ2v) is 5.15. The van der Waals surface area contributed by atoms with Gasteiger partial charge >= 0.3 is 0 Å². The lowest BCUT2D eigenvalue weighted by Gasteiger charge is -2.07. The lowest BCUT2D eigenvalue weighted by atomic mass is 10.2. The van der Waals surface area contributed by atoms with Gasteiger partial charge in [-0.2, -0.15) is 0 Å². The molecule has 1 aromatic heterocycles. The lowest BCUT2D eigenvalue weighted by Crippen LogP contribution is -2.14. The zero-order chi connectivity index (χ0) is 15.6. The van der Waals surface area contributed by atoms with E-state index >= 15 is 0 Å². The molecule has 108 valence electrons. The maximum atomic E-state index is 12.1. The van der Waals surface area contributed by atoms with Crippen molar-refractivity contribution in [1.82, 2.24) is 4.98 Å². The van der Waals surface area contributed by atoms with Crippen molar-refractivity contribution in [2.45, 2.75) is 0 Å². The largest absolute Gasteiger partial charge is 0.322 e. The van der Waals surface area contributed by atoms with Gasteiger partial charge in [-0.15, -0.1) is 0 Å². The Morgan fingerprint density at radius 2 is 1.76 bits per heavy atom. The van der Waals surface area contributed by atoms with Crippen LogP contribution in [0.1, 0.15) is 10.4 Å². The summed E-state index contributed by atoms with van der Waals surface area (Å²) in [6.07, 6.45) is 0.919. The van der Waals surface area contributed by atoms with Crippen molar-refractivity contribution in [3.8, 4) is 0 Å². The van der Waals surface area contributed by atoms with Gasteiger partial charge in [0.15, 0.2) is 0 Å². The Morgan fingerprint density at radius 1 is 1.14 bits per heavy atom. The van der Waals surface area contributed by atoms with E-state index < -0.39 is 16.5 Å². The van der Waals surface area contributed by atoms with Gasteiger partial charge in [-0.3, -0.25) is 14.9 Å². The van der Waals surface area contributed by atoms with Crippen LogP contribution in [0.25, 0.3) is 0 Å². The molecule has 0 fully saturated rings. The third-order valence-electron chi connectivity index (χ3n) is 2.41. The average Bonchev–Trinajstić information content (AvgIpc) is 2.36. The van der Waals surface area contributed by atoms with Crippen LogP contribution in [0.4, 0.5) is 11.4 Å². The van der Waals surface area contributed by atoms with E-state index in [0.29, 0.717) is 15.7 Å². The van der Waals surface area contributed by atoms with Crippen LogP contribution in [-0.2, 0) is 0 Å². The minimum atomic E-state index is -0.719. The van der Waals surface area contributed by atoms with Gasteiger partial charge in [0.25, 0.3) is 11.6 Å². The van der Waals surface area contributed by atoms with E-state index in [0.717, 1.165) is 12.3 Å². The summed E-state index contributed by atoms with van der Waals surface area (Å²) in [7, 11) is 0. The third kappa shape index (κ3) is 3.81. The number of rotatable bonds is 3. The number of anilines is 1. The predicted octanol–water partition coefficient (Wildman–Crippen LogP) is 4.20. The van der Waals surface area contributed by atoms with Crippen LogP contribution < -0.4 is 5.32 Å². The molecule has 0 saturated heterocycles. The Hall–Kier alpha value is -1.89. The Balaban J connectivity index is 2.36. The van der Waals surface area contributed by atoms with Gasteiger partial charge in [-0.1, -0.05) is 34.8 Å². The molecule has 0 spiro atoms. The summed E-state index contributed by atoms with van der Waals surface area (Å²) in [6.45, 7) is 0. The molecule has 0 bridgehead atoms. The number of amides is 1. The molecule has 6 nitrogen and oxygen atoms in total. The highest BCUT2D eigenvalue weighted by Gasteiger charge is 2.21. The maximum absolute atomic E-state index is 12.1. The van der Waals surface area contributed by atoms with E-state index in [1.165, 1.54) is 18.2 Å². The molecule has 0 aliphatic rings. The smallest absolute Gasteiger partial charge is 0.300 e. The van der Waals surface area contributed by atoms with Gasteiger partial charge in [0.05, 0.1) is 4.92 Å². The summed E-state index contributed by atoms with van der Waals surface area (Å²) in [5.41, 5.74) is -0.360. The van der Waals surface area contributed by atoms with Crippen molar-refractivity contribution >= 4 is 52.1 Å². The molecule has 0 radical (unpaired) electrons. The first kappa shape index (κ1) is 15.5. The van der Waals surface area contributed by atoms with Crippen LogP contribution in [0.2, 0.25) is 15.2 Å². The molecule has 2 rings (SSSR count). The highest BCUT2D eigenvalue weighted by atomic mass is 35.5. The topological polar surface area (TPSA) is 85.1 Å². The number of hydrogen-bond donors (Lipinski definition) is 1. The van der Waals surface area contributed by atoms with Crippen LogP contribution in [0.15, 0.2) is 30.5 Å². The van der Waals surface area contributed by atoms with Gasteiger partial charge in [-0.05, 0) is 24.3 Å². The number of nitrogens with zero attached hydrogens (tertiary/aromatic N) is 2. The monoisotopic (exact) mass is 345 g/mol. The van der Waals surface area contributed by atoms with Crippen molar-refractivity contribution in [3.05, 3.63) is 61.3 Å². The normalized spacial score (nSPS) is 10.2. The summed E-state index contributed by atoms with van der Waals surface area (Å²) in [5.74, 6) is -0.718. The van der Waals surface area contributed by atoms with Crippen LogP contribution in [0, 0.1) is 10.1 Å². The highest BCUT2D eigenvalue weighted by molar-refractivity contribution is 6.35. The van der Waals surface area contributed by atoms with Crippen LogP contribution in [0.5, 0.6) is 0 Å². The summed E-state index contributed by atoms with van der Waals surface area (Å²) in [6, 6.07) is 5.52. The standard InChI is InChI=1S/C12H6Cl3N3O3/c13-6-1-7(14)3-8(2-6)17-12(19)9-4-11(15)16-5-10(9)18(20)21/h1-5H,(H,17,19). The number of aromatic nitrogens is 1. The van der Waals surface area contributed by atoms with Crippen LogP contribution in [0.3, 0.4) is 0 Å². The van der Waals surface area contributed by atoms with Crippen molar-refractivity contribution < 1.29 is 9.72 Å². The fourth-order valence-electron chi connectivity index (χ4n) is 1.57. The SMILES string of the molecule is O=C(Nc1cc(Cl)cc(Cl)c1)c1cc(Cl)ncc1[N+](=O)[O-]. The van der Waals surface area contributed by atoms with Crippen molar-refractivity contribution in [2.24, 2.45) is 0 Å². The van der Waals surface area contributed by atoms with E-state index in [4.69, 9.17) is 34.8 Å². The number of carbonyl (C=O) groups is 1. The number of hydrogen-bond acceptors (Lipinski definition) is 4.